The zero-order valence-electron chi connectivity index (χ0n) is 18.2. The number of furan rings is 1. The van der Waals surface area contributed by atoms with Crippen LogP contribution in [0.15, 0.2) is 27.8 Å². The van der Waals surface area contributed by atoms with Gasteiger partial charge in [-0.3, -0.25) is 9.48 Å². The molecule has 0 radical (unpaired) electrons. The van der Waals surface area contributed by atoms with Crippen molar-refractivity contribution in [1.29, 1.82) is 0 Å². The lowest BCUT2D eigenvalue weighted by atomic mass is 10.1. The number of nitrogens with zero attached hydrogens (tertiary/aromatic N) is 4. The molecule has 0 aliphatic carbocycles. The van der Waals surface area contributed by atoms with Gasteiger partial charge in [0.25, 0.3) is 0 Å². The Morgan fingerprint density at radius 2 is 2.10 bits per heavy atom. The number of halogens is 1. The Hall–Kier alpha value is -2.04. The molecule has 0 aromatic carbocycles. The molecule has 162 valence electrons. The molecule has 2 heterocycles. The van der Waals surface area contributed by atoms with Crippen LogP contribution in [-0.4, -0.2) is 59.8 Å². The molecule has 2 aromatic heterocycles. The summed E-state index contributed by atoms with van der Waals surface area (Å²) in [5, 5.41) is 11.2. The largest absolute Gasteiger partial charge is 0.469 e. The molecule has 0 saturated carbocycles. The average Bonchev–Trinajstić information content (AvgIpc) is 3.23. The van der Waals surface area contributed by atoms with E-state index in [0.29, 0.717) is 12.5 Å². The third-order valence-corrected chi connectivity index (χ3v) is 4.67. The fourth-order valence-corrected chi connectivity index (χ4v) is 2.90. The minimum atomic E-state index is -0.0428. The number of amides is 1. The van der Waals surface area contributed by atoms with Crippen molar-refractivity contribution in [1.82, 2.24) is 25.3 Å². The van der Waals surface area contributed by atoms with E-state index in [1.165, 1.54) is 16.2 Å². The number of aromatic nitrogens is 2. The maximum Gasteiger partial charge on any atom is 0.243 e. The zero-order valence-corrected chi connectivity index (χ0v) is 20.5. The summed E-state index contributed by atoms with van der Waals surface area (Å²) in [7, 11) is 5.41. The highest BCUT2D eigenvalue weighted by Gasteiger charge is 2.14. The number of guanidine groups is 1. The van der Waals surface area contributed by atoms with Crippen LogP contribution >= 0.6 is 24.0 Å². The topological polar surface area (TPSA) is 87.7 Å². The molecule has 1 unspecified atom stereocenters. The average molecular weight is 516 g/mol. The van der Waals surface area contributed by atoms with E-state index in [-0.39, 0.29) is 42.5 Å². The maximum atomic E-state index is 11.9. The molecule has 1 amide bonds. The van der Waals surface area contributed by atoms with Gasteiger partial charge in [-0.05, 0) is 44.9 Å². The van der Waals surface area contributed by atoms with Gasteiger partial charge in [-0.2, -0.15) is 5.10 Å². The molecule has 2 rings (SSSR count). The molecule has 2 N–H and O–H groups in total. The number of aryl methyl sites for hydroxylation is 2. The van der Waals surface area contributed by atoms with Crippen molar-refractivity contribution in [3.8, 4) is 0 Å². The molecule has 29 heavy (non-hydrogen) atoms. The molecular weight excluding hydrogens is 483 g/mol. The van der Waals surface area contributed by atoms with Gasteiger partial charge < -0.3 is 20.0 Å². The van der Waals surface area contributed by atoms with Gasteiger partial charge in [0, 0.05) is 45.8 Å². The van der Waals surface area contributed by atoms with E-state index in [2.05, 4.69) is 34.6 Å². The second kappa shape index (κ2) is 11.8. The predicted molar refractivity (Wildman–Crippen MR) is 126 cm³/mol. The number of nitrogens with one attached hydrogen (secondary N) is 2. The van der Waals surface area contributed by atoms with Crippen molar-refractivity contribution in [2.75, 3.05) is 27.2 Å². The van der Waals surface area contributed by atoms with Gasteiger partial charge in [0.2, 0.25) is 5.91 Å². The summed E-state index contributed by atoms with van der Waals surface area (Å²) in [6, 6.07) is 3.95. The van der Waals surface area contributed by atoms with Gasteiger partial charge in [0.1, 0.15) is 12.3 Å². The van der Waals surface area contributed by atoms with E-state index in [0.717, 1.165) is 24.3 Å². The lowest BCUT2D eigenvalue weighted by Crippen LogP contribution is -2.44. The highest BCUT2D eigenvalue weighted by molar-refractivity contribution is 14.0. The molecule has 0 spiro atoms. The molecule has 1 atom stereocenters. The molecular formula is C20H33IN6O2. The minimum absolute atomic E-state index is 0. The first kappa shape index (κ1) is 25.0. The summed E-state index contributed by atoms with van der Waals surface area (Å²) >= 11 is 0. The quantitative estimate of drug-likeness (QED) is 0.319. The standard InChI is InChI=1S/C20H32N6O2.HI/c1-14(12-18-15(2)24-26(6)16(18)3)23-20(22-13-19(27)25(4)5)21-10-9-17-8-7-11-28-17;/h7-8,11,14H,9-10,12-13H2,1-6H3,(H2,21,22,23);1H. The highest BCUT2D eigenvalue weighted by atomic mass is 127. The summed E-state index contributed by atoms with van der Waals surface area (Å²) in [6.07, 6.45) is 3.23. The van der Waals surface area contributed by atoms with Crippen molar-refractivity contribution in [3.05, 3.63) is 41.1 Å². The maximum absolute atomic E-state index is 11.9. The van der Waals surface area contributed by atoms with Crippen molar-refractivity contribution in [3.63, 3.8) is 0 Å². The predicted octanol–water partition coefficient (Wildman–Crippen LogP) is 2.05. The lowest BCUT2D eigenvalue weighted by molar-refractivity contribution is -0.127. The molecule has 0 aliphatic rings. The van der Waals surface area contributed by atoms with Crippen LogP contribution in [0.1, 0.15) is 29.6 Å². The number of carbonyl (C=O) groups is 1. The second-order valence-corrected chi connectivity index (χ2v) is 7.23. The van der Waals surface area contributed by atoms with Crippen LogP contribution in [-0.2, 0) is 24.7 Å². The Morgan fingerprint density at radius 1 is 1.38 bits per heavy atom. The Morgan fingerprint density at radius 3 is 2.66 bits per heavy atom. The van der Waals surface area contributed by atoms with Crippen LogP contribution in [0.5, 0.6) is 0 Å². The first-order valence-electron chi connectivity index (χ1n) is 9.54. The summed E-state index contributed by atoms with van der Waals surface area (Å²) in [6.45, 7) is 6.97. The highest BCUT2D eigenvalue weighted by Crippen LogP contribution is 2.14. The summed E-state index contributed by atoms with van der Waals surface area (Å²) < 4.78 is 7.27. The van der Waals surface area contributed by atoms with E-state index in [1.807, 2.05) is 30.8 Å². The molecule has 2 aromatic rings. The van der Waals surface area contributed by atoms with Crippen LogP contribution in [0.2, 0.25) is 0 Å². The molecule has 0 bridgehead atoms. The summed E-state index contributed by atoms with van der Waals surface area (Å²) in [4.78, 5) is 17.9. The van der Waals surface area contributed by atoms with E-state index in [1.54, 1.807) is 20.4 Å². The minimum Gasteiger partial charge on any atom is -0.469 e. The van der Waals surface area contributed by atoms with Crippen LogP contribution in [0.3, 0.4) is 0 Å². The molecule has 0 fully saturated rings. The first-order valence-corrected chi connectivity index (χ1v) is 9.54. The summed E-state index contributed by atoms with van der Waals surface area (Å²) in [5.41, 5.74) is 3.45. The van der Waals surface area contributed by atoms with Crippen LogP contribution < -0.4 is 10.6 Å². The van der Waals surface area contributed by atoms with Crippen LogP contribution in [0.25, 0.3) is 0 Å². The third-order valence-electron chi connectivity index (χ3n) is 4.67. The fourth-order valence-electron chi connectivity index (χ4n) is 2.90. The Bertz CT molecular complexity index is 798. The fraction of sp³-hybridized carbons (Fsp3) is 0.550. The van der Waals surface area contributed by atoms with Gasteiger partial charge >= 0.3 is 0 Å². The van der Waals surface area contributed by atoms with E-state index in [4.69, 9.17) is 4.42 Å². The van der Waals surface area contributed by atoms with Crippen molar-refractivity contribution >= 4 is 35.8 Å². The SMILES string of the molecule is Cc1nn(C)c(C)c1CC(C)NC(=NCC(=O)N(C)C)NCCc1ccco1.I. The van der Waals surface area contributed by atoms with Crippen molar-refractivity contribution < 1.29 is 9.21 Å². The Kier molecular flexibility index (Phi) is 10.2. The number of rotatable bonds is 8. The smallest absolute Gasteiger partial charge is 0.243 e. The Balaban J connectivity index is 0.00000420. The zero-order chi connectivity index (χ0) is 20.7. The van der Waals surface area contributed by atoms with E-state index < -0.39 is 0 Å². The molecule has 9 heteroatoms. The molecule has 0 saturated heterocycles. The van der Waals surface area contributed by atoms with Crippen molar-refractivity contribution in [2.24, 2.45) is 12.0 Å². The Labute approximate surface area is 190 Å². The monoisotopic (exact) mass is 516 g/mol. The van der Waals surface area contributed by atoms with Crippen molar-refractivity contribution in [2.45, 2.75) is 39.7 Å². The normalized spacial score (nSPS) is 12.3. The van der Waals surface area contributed by atoms with E-state index >= 15 is 0 Å². The number of carbonyl (C=O) groups excluding carboxylic acids is 1. The first-order chi connectivity index (χ1) is 13.3. The van der Waals surface area contributed by atoms with Gasteiger partial charge in [-0.25, -0.2) is 4.99 Å². The lowest BCUT2D eigenvalue weighted by Gasteiger charge is -2.19. The summed E-state index contributed by atoms with van der Waals surface area (Å²) in [5.74, 6) is 1.48. The number of hydrogen-bond donors (Lipinski definition) is 2. The van der Waals surface area contributed by atoms with Crippen LogP contribution in [0, 0.1) is 13.8 Å². The van der Waals surface area contributed by atoms with Gasteiger partial charge in [0.05, 0.1) is 12.0 Å². The second-order valence-electron chi connectivity index (χ2n) is 7.23. The van der Waals surface area contributed by atoms with Gasteiger partial charge in [0.15, 0.2) is 5.96 Å². The number of hydrogen-bond acceptors (Lipinski definition) is 4. The number of aliphatic imine (C=N–C) groups is 1. The van der Waals surface area contributed by atoms with Gasteiger partial charge in [-0.15, -0.1) is 24.0 Å². The molecule has 0 aliphatic heterocycles. The molecule has 8 nitrogen and oxygen atoms in total. The number of likely N-dealkylation sites (N-methyl/N-ethyl adjacent to an activating group) is 1. The van der Waals surface area contributed by atoms with Gasteiger partial charge in [-0.1, -0.05) is 0 Å². The van der Waals surface area contributed by atoms with Crippen LogP contribution in [0.4, 0.5) is 0 Å². The third kappa shape index (κ3) is 7.71. The van der Waals surface area contributed by atoms with E-state index in [9.17, 15) is 4.79 Å².